The maximum absolute atomic E-state index is 12.6. The average molecular weight is 307 g/mol. The Morgan fingerprint density at radius 2 is 1.71 bits per heavy atom. The molecule has 0 saturated heterocycles. The number of likely N-dealkylation sites (N-methyl/N-ethyl adjacent to an activating group) is 1. The molecule has 2 fully saturated rings. The lowest BCUT2D eigenvalue weighted by atomic mass is 9.81. The molecule has 2 rings (SSSR count). The van der Waals surface area contributed by atoms with Crippen LogP contribution in [-0.2, 0) is 4.79 Å². The van der Waals surface area contributed by atoms with Gasteiger partial charge in [0.15, 0.2) is 0 Å². The minimum absolute atomic E-state index is 0.0397. The number of carbonyl (C=O) groups excluding carboxylic acids is 1. The van der Waals surface area contributed by atoms with Crippen LogP contribution in [0.4, 0.5) is 13.2 Å². The van der Waals surface area contributed by atoms with Crippen molar-refractivity contribution in [1.82, 2.24) is 4.90 Å². The van der Waals surface area contributed by atoms with Gasteiger partial charge in [0.05, 0.1) is 11.5 Å². The first kappa shape index (κ1) is 16.6. The van der Waals surface area contributed by atoms with E-state index in [9.17, 15) is 23.1 Å². The Morgan fingerprint density at radius 1 is 1.19 bits per heavy atom. The molecular weight excluding hydrogens is 283 g/mol. The molecule has 0 atom stereocenters. The quantitative estimate of drug-likeness (QED) is 0.870. The van der Waals surface area contributed by atoms with E-state index in [1.54, 1.807) is 7.05 Å². The molecule has 1 amide bonds. The molecule has 2 saturated carbocycles. The SMILES string of the molecule is CN(CC1(O)CCCC1)C(=O)C1CCC(C(F)(F)F)CC1. The van der Waals surface area contributed by atoms with Crippen LogP contribution in [0.1, 0.15) is 51.4 Å². The Morgan fingerprint density at radius 3 is 2.19 bits per heavy atom. The van der Waals surface area contributed by atoms with E-state index in [1.165, 1.54) is 4.90 Å². The fourth-order valence-electron chi connectivity index (χ4n) is 3.69. The Kier molecular flexibility index (Phi) is 4.85. The summed E-state index contributed by atoms with van der Waals surface area (Å²) in [5.74, 6) is -1.69. The highest BCUT2D eigenvalue weighted by atomic mass is 19.4. The zero-order valence-corrected chi connectivity index (χ0v) is 12.5. The Labute approximate surface area is 123 Å². The van der Waals surface area contributed by atoms with Gasteiger partial charge in [-0.25, -0.2) is 0 Å². The van der Waals surface area contributed by atoms with E-state index in [0.717, 1.165) is 12.8 Å². The van der Waals surface area contributed by atoms with E-state index in [-0.39, 0.29) is 24.7 Å². The molecule has 21 heavy (non-hydrogen) atoms. The molecule has 0 aromatic rings. The summed E-state index contributed by atoms with van der Waals surface area (Å²) in [5, 5.41) is 10.3. The number of halogens is 3. The summed E-state index contributed by atoms with van der Waals surface area (Å²) in [6.07, 6.45) is -0.131. The third-order valence-electron chi connectivity index (χ3n) is 4.98. The molecule has 2 aliphatic rings. The topological polar surface area (TPSA) is 40.5 Å². The lowest BCUT2D eigenvalue weighted by Crippen LogP contribution is -2.45. The summed E-state index contributed by atoms with van der Waals surface area (Å²) < 4.78 is 37.9. The highest BCUT2D eigenvalue weighted by molar-refractivity contribution is 5.78. The maximum Gasteiger partial charge on any atom is 0.391 e. The van der Waals surface area contributed by atoms with Crippen LogP contribution in [0.2, 0.25) is 0 Å². The smallest absolute Gasteiger partial charge is 0.388 e. The monoisotopic (exact) mass is 307 g/mol. The number of amides is 1. The summed E-state index contributed by atoms with van der Waals surface area (Å²) in [4.78, 5) is 13.8. The van der Waals surface area contributed by atoms with Crippen molar-refractivity contribution in [2.75, 3.05) is 13.6 Å². The van der Waals surface area contributed by atoms with Crippen LogP contribution >= 0.6 is 0 Å². The van der Waals surface area contributed by atoms with E-state index in [0.29, 0.717) is 32.2 Å². The normalized spacial score (nSPS) is 29.4. The van der Waals surface area contributed by atoms with Crippen LogP contribution in [-0.4, -0.2) is 41.3 Å². The van der Waals surface area contributed by atoms with Gasteiger partial charge >= 0.3 is 6.18 Å². The lowest BCUT2D eigenvalue weighted by molar-refractivity contribution is -0.185. The van der Waals surface area contributed by atoms with Crippen molar-refractivity contribution in [3.05, 3.63) is 0 Å². The zero-order chi connectivity index (χ0) is 15.7. The number of rotatable bonds is 3. The summed E-state index contributed by atoms with van der Waals surface area (Å²) in [6.45, 7) is 0.297. The number of hydrogen-bond donors (Lipinski definition) is 1. The molecule has 1 N–H and O–H groups in total. The van der Waals surface area contributed by atoms with Crippen LogP contribution in [0.3, 0.4) is 0 Å². The highest BCUT2D eigenvalue weighted by Gasteiger charge is 2.43. The van der Waals surface area contributed by atoms with Gasteiger partial charge in [0.2, 0.25) is 5.91 Å². The van der Waals surface area contributed by atoms with Crippen LogP contribution in [0.5, 0.6) is 0 Å². The Balaban J connectivity index is 1.84. The first-order valence-electron chi connectivity index (χ1n) is 7.75. The number of nitrogens with zero attached hydrogens (tertiary/aromatic N) is 1. The summed E-state index contributed by atoms with van der Waals surface area (Å²) >= 11 is 0. The van der Waals surface area contributed by atoms with Crippen molar-refractivity contribution in [2.45, 2.75) is 63.1 Å². The molecule has 6 heteroatoms. The van der Waals surface area contributed by atoms with E-state index in [4.69, 9.17) is 0 Å². The zero-order valence-electron chi connectivity index (χ0n) is 12.5. The third-order valence-corrected chi connectivity index (χ3v) is 4.98. The number of carbonyl (C=O) groups is 1. The van der Waals surface area contributed by atoms with E-state index >= 15 is 0 Å². The van der Waals surface area contributed by atoms with Gasteiger partial charge in [-0.15, -0.1) is 0 Å². The van der Waals surface area contributed by atoms with Gasteiger partial charge in [-0.1, -0.05) is 12.8 Å². The van der Waals surface area contributed by atoms with Crippen LogP contribution in [0.25, 0.3) is 0 Å². The summed E-state index contributed by atoms with van der Waals surface area (Å²) in [7, 11) is 1.65. The largest absolute Gasteiger partial charge is 0.391 e. The fraction of sp³-hybridized carbons (Fsp3) is 0.933. The predicted octanol–water partition coefficient (Wildman–Crippen LogP) is 3.12. The van der Waals surface area contributed by atoms with Crippen molar-refractivity contribution in [2.24, 2.45) is 11.8 Å². The minimum atomic E-state index is -4.14. The summed E-state index contributed by atoms with van der Waals surface area (Å²) in [6, 6.07) is 0. The number of hydrogen-bond acceptors (Lipinski definition) is 2. The molecular formula is C15H24F3NO2. The Bertz CT molecular complexity index is 370. The van der Waals surface area contributed by atoms with E-state index < -0.39 is 17.7 Å². The number of alkyl halides is 3. The summed E-state index contributed by atoms with van der Waals surface area (Å²) in [5.41, 5.74) is -0.798. The molecule has 122 valence electrons. The second-order valence-corrected chi connectivity index (χ2v) is 6.72. The van der Waals surface area contributed by atoms with Crippen molar-refractivity contribution in [3.8, 4) is 0 Å². The molecule has 0 radical (unpaired) electrons. The molecule has 0 aromatic heterocycles. The fourth-order valence-corrected chi connectivity index (χ4v) is 3.69. The van der Waals surface area contributed by atoms with Crippen molar-refractivity contribution < 1.29 is 23.1 Å². The van der Waals surface area contributed by atoms with Crippen LogP contribution in [0, 0.1) is 11.8 Å². The van der Waals surface area contributed by atoms with Crippen molar-refractivity contribution in [1.29, 1.82) is 0 Å². The van der Waals surface area contributed by atoms with Gasteiger partial charge in [0.1, 0.15) is 0 Å². The molecule has 2 aliphatic carbocycles. The second kappa shape index (κ2) is 6.15. The first-order valence-corrected chi connectivity index (χ1v) is 7.75. The molecule has 3 nitrogen and oxygen atoms in total. The molecule has 0 spiro atoms. The standard InChI is InChI=1S/C15H24F3NO2/c1-19(10-14(21)8-2-3-9-14)13(20)11-4-6-12(7-5-11)15(16,17)18/h11-12,21H,2-10H2,1H3. The van der Waals surface area contributed by atoms with E-state index in [1.807, 2.05) is 0 Å². The van der Waals surface area contributed by atoms with Crippen molar-refractivity contribution >= 4 is 5.91 Å². The minimum Gasteiger partial charge on any atom is -0.388 e. The molecule has 0 aromatic carbocycles. The third kappa shape index (κ3) is 4.11. The first-order chi connectivity index (χ1) is 9.71. The predicted molar refractivity (Wildman–Crippen MR) is 72.6 cm³/mol. The Hall–Kier alpha value is -0.780. The van der Waals surface area contributed by atoms with Crippen molar-refractivity contribution in [3.63, 3.8) is 0 Å². The molecule has 0 bridgehead atoms. The maximum atomic E-state index is 12.6. The van der Waals surface area contributed by atoms with Gasteiger partial charge in [-0.05, 0) is 38.5 Å². The second-order valence-electron chi connectivity index (χ2n) is 6.72. The van der Waals surface area contributed by atoms with Gasteiger partial charge in [-0.2, -0.15) is 13.2 Å². The van der Waals surface area contributed by atoms with Gasteiger partial charge in [0, 0.05) is 19.5 Å². The molecule has 0 aliphatic heterocycles. The van der Waals surface area contributed by atoms with Crippen LogP contribution < -0.4 is 0 Å². The van der Waals surface area contributed by atoms with Gasteiger partial charge in [0.25, 0.3) is 0 Å². The van der Waals surface area contributed by atoms with E-state index in [2.05, 4.69) is 0 Å². The van der Waals surface area contributed by atoms with Gasteiger partial charge in [-0.3, -0.25) is 4.79 Å². The van der Waals surface area contributed by atoms with Crippen LogP contribution in [0.15, 0.2) is 0 Å². The average Bonchev–Trinajstić information content (AvgIpc) is 2.83. The lowest BCUT2D eigenvalue weighted by Gasteiger charge is -2.34. The number of aliphatic hydroxyl groups is 1. The molecule has 0 heterocycles. The van der Waals surface area contributed by atoms with Gasteiger partial charge < -0.3 is 10.0 Å². The molecule has 0 unspecified atom stereocenters. The highest BCUT2D eigenvalue weighted by Crippen LogP contribution is 2.40.